The number of carboxylic acids is 1. The maximum Gasteiger partial charge on any atom is 0.332 e. The fourth-order valence-corrected chi connectivity index (χ4v) is 2.15. The topological polar surface area (TPSA) is 113 Å². The van der Waals surface area contributed by atoms with Gasteiger partial charge in [-0.1, -0.05) is 0 Å². The number of carbonyl (C=O) groups excluding carboxylic acids is 1. The van der Waals surface area contributed by atoms with Crippen LogP contribution in [-0.4, -0.2) is 45.2 Å². The molecular formula is C9H12N4O4S. The van der Waals surface area contributed by atoms with E-state index >= 15 is 0 Å². The Kier molecular flexibility index (Phi) is 3.43. The summed E-state index contributed by atoms with van der Waals surface area (Å²) in [6.45, 7) is 1.97. The average Bonchev–Trinajstić information content (AvgIpc) is 2.89. The Hall–Kier alpha value is -1.74. The third-order valence-electron chi connectivity index (χ3n) is 2.53. The van der Waals surface area contributed by atoms with Crippen LogP contribution in [0.25, 0.3) is 0 Å². The SMILES string of the molecule is Cc1nsc(NC(=O)NC2(C(=O)O)CCOC2)n1. The minimum Gasteiger partial charge on any atom is -0.479 e. The summed E-state index contributed by atoms with van der Waals surface area (Å²) < 4.78 is 8.93. The lowest BCUT2D eigenvalue weighted by Gasteiger charge is -2.23. The summed E-state index contributed by atoms with van der Waals surface area (Å²) in [5.41, 5.74) is -1.36. The number of ether oxygens (including phenoxy) is 1. The standard InChI is InChI=1S/C9H12N4O4S/c1-5-10-8(18-13-5)11-7(16)12-9(6(14)15)2-3-17-4-9/h2-4H2,1H3,(H,14,15)(H2,10,11,12,13,16). The number of rotatable bonds is 3. The van der Waals surface area contributed by atoms with E-state index in [4.69, 9.17) is 9.84 Å². The second-order valence-electron chi connectivity index (χ2n) is 3.92. The van der Waals surface area contributed by atoms with E-state index in [0.29, 0.717) is 17.6 Å². The number of urea groups is 1. The van der Waals surface area contributed by atoms with E-state index in [0.717, 1.165) is 11.5 Å². The summed E-state index contributed by atoms with van der Waals surface area (Å²) in [4.78, 5) is 26.8. The molecule has 2 amide bonds. The molecule has 1 aromatic heterocycles. The van der Waals surface area contributed by atoms with Crippen molar-refractivity contribution < 1.29 is 19.4 Å². The lowest BCUT2D eigenvalue weighted by molar-refractivity contribution is -0.144. The van der Waals surface area contributed by atoms with Crippen LogP contribution in [0.1, 0.15) is 12.2 Å². The minimum absolute atomic E-state index is 0.0368. The second-order valence-corrected chi connectivity index (χ2v) is 4.67. The molecule has 0 spiro atoms. The van der Waals surface area contributed by atoms with Crippen molar-refractivity contribution in [1.29, 1.82) is 0 Å². The highest BCUT2D eigenvalue weighted by atomic mass is 32.1. The molecule has 8 nitrogen and oxygen atoms in total. The Bertz CT molecular complexity index is 469. The summed E-state index contributed by atoms with van der Waals surface area (Å²) in [5, 5.41) is 14.3. The number of hydrogen-bond donors (Lipinski definition) is 3. The predicted octanol–water partition coefficient (Wildman–Crippen LogP) is 0.212. The maximum atomic E-state index is 11.7. The van der Waals surface area contributed by atoms with Crippen LogP contribution in [0, 0.1) is 6.92 Å². The number of carbonyl (C=O) groups is 2. The Balaban J connectivity index is 1.99. The minimum atomic E-state index is -1.36. The van der Waals surface area contributed by atoms with Gasteiger partial charge in [0.05, 0.1) is 6.61 Å². The van der Waals surface area contributed by atoms with Crippen LogP contribution in [0.4, 0.5) is 9.93 Å². The van der Waals surface area contributed by atoms with Gasteiger partial charge in [-0.2, -0.15) is 4.37 Å². The molecule has 1 atom stereocenters. The Morgan fingerprint density at radius 2 is 2.33 bits per heavy atom. The predicted molar refractivity (Wildman–Crippen MR) is 62.6 cm³/mol. The third-order valence-corrected chi connectivity index (χ3v) is 3.25. The van der Waals surface area contributed by atoms with Gasteiger partial charge < -0.3 is 15.2 Å². The summed E-state index contributed by atoms with van der Waals surface area (Å²) in [6, 6.07) is -0.626. The maximum absolute atomic E-state index is 11.7. The zero-order chi connectivity index (χ0) is 13.2. The number of nitrogens with zero attached hydrogens (tertiary/aromatic N) is 2. The van der Waals surface area contributed by atoms with Crippen molar-refractivity contribution in [1.82, 2.24) is 14.7 Å². The molecule has 2 rings (SSSR count). The number of hydrogen-bond acceptors (Lipinski definition) is 6. The van der Waals surface area contributed by atoms with Gasteiger partial charge in [0, 0.05) is 24.6 Å². The van der Waals surface area contributed by atoms with Crippen LogP contribution >= 0.6 is 11.5 Å². The largest absolute Gasteiger partial charge is 0.479 e. The number of aliphatic carboxylic acids is 1. The number of nitrogens with one attached hydrogen (secondary N) is 2. The van der Waals surface area contributed by atoms with Gasteiger partial charge in [-0.3, -0.25) is 5.32 Å². The number of aromatic nitrogens is 2. The molecule has 9 heteroatoms. The highest BCUT2D eigenvalue weighted by Gasteiger charge is 2.44. The van der Waals surface area contributed by atoms with Crippen molar-refractivity contribution in [2.45, 2.75) is 18.9 Å². The van der Waals surface area contributed by atoms with Gasteiger partial charge in [0.1, 0.15) is 5.82 Å². The van der Waals surface area contributed by atoms with Gasteiger partial charge in [0.2, 0.25) is 5.13 Å². The molecular weight excluding hydrogens is 260 g/mol. The van der Waals surface area contributed by atoms with E-state index < -0.39 is 17.5 Å². The molecule has 3 N–H and O–H groups in total. The lowest BCUT2D eigenvalue weighted by atomic mass is 9.99. The average molecular weight is 272 g/mol. The second kappa shape index (κ2) is 4.86. The molecule has 98 valence electrons. The number of amides is 2. The first-order valence-corrected chi connectivity index (χ1v) is 6.00. The van der Waals surface area contributed by atoms with Crippen LogP contribution in [0.3, 0.4) is 0 Å². The zero-order valence-corrected chi connectivity index (χ0v) is 10.4. The normalized spacial score (nSPS) is 22.7. The molecule has 1 aromatic rings. The Morgan fingerprint density at radius 1 is 1.56 bits per heavy atom. The molecule has 1 fully saturated rings. The fourth-order valence-electron chi connectivity index (χ4n) is 1.58. The van der Waals surface area contributed by atoms with Crippen molar-refractivity contribution in [2.24, 2.45) is 0 Å². The first-order valence-electron chi connectivity index (χ1n) is 5.22. The van der Waals surface area contributed by atoms with Gasteiger partial charge in [0.25, 0.3) is 0 Å². The van der Waals surface area contributed by atoms with E-state index in [1.807, 2.05) is 0 Å². The number of anilines is 1. The first-order chi connectivity index (χ1) is 8.52. The van der Waals surface area contributed by atoms with Crippen LogP contribution in [0.5, 0.6) is 0 Å². The summed E-state index contributed by atoms with van der Waals surface area (Å²) in [6.07, 6.45) is 0.241. The van der Waals surface area contributed by atoms with Crippen LogP contribution in [-0.2, 0) is 9.53 Å². The molecule has 1 unspecified atom stereocenters. The molecule has 0 saturated carbocycles. The van der Waals surface area contributed by atoms with E-state index in [1.54, 1.807) is 6.92 Å². The molecule has 0 radical (unpaired) electrons. The Labute approximate surface area is 107 Å². The Morgan fingerprint density at radius 3 is 2.83 bits per heavy atom. The molecule has 18 heavy (non-hydrogen) atoms. The summed E-state index contributed by atoms with van der Waals surface area (Å²) in [5.74, 6) is -0.559. The first kappa shape index (κ1) is 12.7. The van der Waals surface area contributed by atoms with Crippen molar-refractivity contribution in [2.75, 3.05) is 18.5 Å². The highest BCUT2D eigenvalue weighted by molar-refractivity contribution is 7.09. The van der Waals surface area contributed by atoms with Gasteiger partial charge >= 0.3 is 12.0 Å². The number of carboxylic acid groups (broad SMARTS) is 1. The molecule has 0 aliphatic carbocycles. The molecule has 2 heterocycles. The van der Waals surface area contributed by atoms with Crippen LogP contribution in [0.15, 0.2) is 0 Å². The van der Waals surface area contributed by atoms with E-state index in [9.17, 15) is 9.59 Å². The van der Waals surface area contributed by atoms with Crippen molar-refractivity contribution in [3.8, 4) is 0 Å². The van der Waals surface area contributed by atoms with Crippen LogP contribution < -0.4 is 10.6 Å². The van der Waals surface area contributed by atoms with Gasteiger partial charge in [-0.05, 0) is 6.92 Å². The van der Waals surface area contributed by atoms with E-state index in [1.165, 1.54) is 0 Å². The summed E-state index contributed by atoms with van der Waals surface area (Å²) in [7, 11) is 0. The molecule has 0 aromatic carbocycles. The van der Waals surface area contributed by atoms with E-state index in [2.05, 4.69) is 20.0 Å². The van der Waals surface area contributed by atoms with Crippen molar-refractivity contribution >= 4 is 28.7 Å². The quantitative estimate of drug-likeness (QED) is 0.725. The van der Waals surface area contributed by atoms with Crippen LogP contribution in [0.2, 0.25) is 0 Å². The smallest absolute Gasteiger partial charge is 0.332 e. The molecule has 0 bridgehead atoms. The molecule has 1 saturated heterocycles. The third kappa shape index (κ3) is 2.57. The molecule has 1 aliphatic heterocycles. The molecule has 1 aliphatic rings. The number of aryl methyl sites for hydroxylation is 1. The lowest BCUT2D eigenvalue weighted by Crippen LogP contribution is -2.56. The highest BCUT2D eigenvalue weighted by Crippen LogP contribution is 2.19. The van der Waals surface area contributed by atoms with Crippen molar-refractivity contribution in [3.05, 3.63) is 5.82 Å². The van der Waals surface area contributed by atoms with Crippen molar-refractivity contribution in [3.63, 3.8) is 0 Å². The monoisotopic (exact) mass is 272 g/mol. The zero-order valence-electron chi connectivity index (χ0n) is 9.60. The van der Waals surface area contributed by atoms with Gasteiger partial charge in [0.15, 0.2) is 5.54 Å². The summed E-state index contributed by atoms with van der Waals surface area (Å²) >= 11 is 1.03. The van der Waals surface area contributed by atoms with Gasteiger partial charge in [-0.15, -0.1) is 0 Å². The van der Waals surface area contributed by atoms with Gasteiger partial charge in [-0.25, -0.2) is 14.6 Å². The van der Waals surface area contributed by atoms with E-state index in [-0.39, 0.29) is 13.0 Å². The fraction of sp³-hybridized carbons (Fsp3) is 0.556.